The van der Waals surface area contributed by atoms with E-state index >= 15 is 0 Å². The monoisotopic (exact) mass is 758 g/mol. The Hall–Kier alpha value is -7.40. The molecule has 0 aliphatic carbocycles. The van der Waals surface area contributed by atoms with Crippen molar-refractivity contribution in [2.24, 2.45) is 0 Å². The van der Waals surface area contributed by atoms with Gasteiger partial charge in [-0.25, -0.2) is 0 Å². The molecule has 0 saturated heterocycles. The molecule has 12 rings (SSSR count). The van der Waals surface area contributed by atoms with Gasteiger partial charge >= 0.3 is 0 Å². The van der Waals surface area contributed by atoms with E-state index in [2.05, 4.69) is 210 Å². The molecule has 272 valence electrons. The first kappa shape index (κ1) is 32.8. The summed E-state index contributed by atoms with van der Waals surface area (Å²) < 4.78 is 11.4. The zero-order chi connectivity index (χ0) is 38.2. The largest absolute Gasteiger partial charge is 0.455 e. The summed E-state index contributed by atoms with van der Waals surface area (Å²) >= 11 is 1.85. The molecule has 0 amide bonds. The first-order valence-electron chi connectivity index (χ1n) is 19.7. The highest BCUT2D eigenvalue weighted by atomic mass is 32.1. The Kier molecular flexibility index (Phi) is 7.40. The van der Waals surface area contributed by atoms with Gasteiger partial charge in [-0.2, -0.15) is 0 Å². The lowest BCUT2D eigenvalue weighted by molar-refractivity contribution is 0.670. The highest BCUT2D eigenvalue weighted by Crippen LogP contribution is 2.43. The third kappa shape index (κ3) is 5.19. The molecule has 58 heavy (non-hydrogen) atoms. The minimum atomic E-state index is 0.894. The van der Waals surface area contributed by atoms with Crippen molar-refractivity contribution in [3.8, 4) is 27.9 Å². The summed E-state index contributed by atoms with van der Waals surface area (Å²) in [6.45, 7) is 0. The fraction of sp³-hybridized carbons (Fsp3) is 0. The Morgan fingerprint density at radius 3 is 1.74 bits per heavy atom. The minimum Gasteiger partial charge on any atom is -0.455 e. The van der Waals surface area contributed by atoms with Crippen LogP contribution in [0.5, 0.6) is 0 Å². The first-order chi connectivity index (χ1) is 28.7. The molecule has 0 atom stereocenters. The molecule has 0 N–H and O–H groups in total. The van der Waals surface area contributed by atoms with E-state index in [1.54, 1.807) is 0 Å². The quantitative estimate of drug-likeness (QED) is 0.168. The summed E-state index contributed by atoms with van der Waals surface area (Å²) in [5.41, 5.74) is 13.2. The van der Waals surface area contributed by atoms with Crippen LogP contribution in [0.3, 0.4) is 0 Å². The highest BCUT2D eigenvalue weighted by molar-refractivity contribution is 7.25. The number of para-hydroxylation sites is 3. The topological polar surface area (TPSA) is 21.3 Å². The van der Waals surface area contributed by atoms with Gasteiger partial charge in [-0.1, -0.05) is 127 Å². The van der Waals surface area contributed by atoms with Crippen molar-refractivity contribution in [2.45, 2.75) is 0 Å². The third-order valence-electron chi connectivity index (χ3n) is 11.6. The second kappa shape index (κ2) is 13.1. The van der Waals surface area contributed by atoms with Gasteiger partial charge in [0.1, 0.15) is 11.2 Å². The normalized spacial score (nSPS) is 11.8. The van der Waals surface area contributed by atoms with Crippen molar-refractivity contribution in [2.75, 3.05) is 4.90 Å². The number of hydrogen-bond donors (Lipinski definition) is 0. The molecular formula is C54H34N2OS. The molecule has 3 aromatic heterocycles. The van der Waals surface area contributed by atoms with Gasteiger partial charge in [0.25, 0.3) is 0 Å². The van der Waals surface area contributed by atoms with Crippen molar-refractivity contribution < 1.29 is 4.42 Å². The average molecular weight is 759 g/mol. The van der Waals surface area contributed by atoms with Gasteiger partial charge in [-0.3, -0.25) is 0 Å². The van der Waals surface area contributed by atoms with Crippen molar-refractivity contribution in [3.05, 3.63) is 206 Å². The van der Waals surface area contributed by atoms with Crippen molar-refractivity contribution in [3.63, 3.8) is 0 Å². The molecule has 0 bridgehead atoms. The lowest BCUT2D eigenvalue weighted by Crippen LogP contribution is -2.10. The second-order valence-electron chi connectivity index (χ2n) is 14.9. The lowest BCUT2D eigenvalue weighted by atomic mass is 10.00. The van der Waals surface area contributed by atoms with E-state index in [9.17, 15) is 0 Å². The third-order valence-corrected chi connectivity index (χ3v) is 12.7. The van der Waals surface area contributed by atoms with Gasteiger partial charge in [0.05, 0.1) is 11.0 Å². The molecule has 0 radical (unpaired) electrons. The number of hydrogen-bond acceptors (Lipinski definition) is 3. The Morgan fingerprint density at radius 2 is 0.983 bits per heavy atom. The average Bonchev–Trinajstić information content (AvgIpc) is 3.96. The number of thiophene rings is 1. The molecule has 0 spiro atoms. The minimum absolute atomic E-state index is 0.894. The molecule has 3 nitrogen and oxygen atoms in total. The fourth-order valence-corrected chi connectivity index (χ4v) is 10.0. The molecule has 0 aliphatic rings. The van der Waals surface area contributed by atoms with Gasteiger partial charge in [-0.15, -0.1) is 11.3 Å². The van der Waals surface area contributed by atoms with Crippen LogP contribution in [-0.2, 0) is 0 Å². The molecule has 12 aromatic rings. The van der Waals surface area contributed by atoms with Crippen LogP contribution < -0.4 is 4.90 Å². The smallest absolute Gasteiger partial charge is 0.143 e. The molecule has 0 saturated carbocycles. The number of rotatable bonds is 6. The SMILES string of the molecule is c1ccc(-c2cccc3c2oc2ccc(-c4ccc(N(c5ccc(-n6c7ccccc7c7ccccc76)cc5)c5ccc6c(c5)sc5ccccc56)cc4)cc23)cc1. The first-order valence-corrected chi connectivity index (χ1v) is 20.5. The van der Waals surface area contributed by atoms with Gasteiger partial charge in [0.2, 0.25) is 0 Å². The maximum Gasteiger partial charge on any atom is 0.143 e. The van der Waals surface area contributed by atoms with Gasteiger partial charge in [0.15, 0.2) is 0 Å². The van der Waals surface area contributed by atoms with E-state index in [0.29, 0.717) is 0 Å². The van der Waals surface area contributed by atoms with Gasteiger partial charge < -0.3 is 13.9 Å². The van der Waals surface area contributed by atoms with Crippen LogP contribution in [0.15, 0.2) is 211 Å². The lowest BCUT2D eigenvalue weighted by Gasteiger charge is -2.26. The van der Waals surface area contributed by atoms with E-state index in [0.717, 1.165) is 66.9 Å². The zero-order valence-electron chi connectivity index (χ0n) is 31.3. The van der Waals surface area contributed by atoms with E-state index in [-0.39, 0.29) is 0 Å². The van der Waals surface area contributed by atoms with E-state index < -0.39 is 0 Å². The molecule has 0 fully saturated rings. The summed E-state index contributed by atoms with van der Waals surface area (Å²) in [4.78, 5) is 2.38. The molecule has 0 aliphatic heterocycles. The molecule has 4 heteroatoms. The Labute approximate surface area is 338 Å². The van der Waals surface area contributed by atoms with Crippen LogP contribution >= 0.6 is 11.3 Å². The summed E-state index contributed by atoms with van der Waals surface area (Å²) in [6, 6.07) is 74.4. The maximum absolute atomic E-state index is 6.49. The van der Waals surface area contributed by atoms with Gasteiger partial charge in [-0.05, 0) is 95.6 Å². The van der Waals surface area contributed by atoms with Crippen molar-refractivity contribution in [1.82, 2.24) is 4.57 Å². The number of anilines is 3. The number of fused-ring (bicyclic) bond motifs is 9. The van der Waals surface area contributed by atoms with Crippen LogP contribution in [0.25, 0.3) is 91.9 Å². The predicted molar refractivity (Wildman–Crippen MR) is 247 cm³/mol. The van der Waals surface area contributed by atoms with Crippen molar-refractivity contribution >= 4 is 92.3 Å². The van der Waals surface area contributed by atoms with Crippen LogP contribution in [-0.4, -0.2) is 4.57 Å². The van der Waals surface area contributed by atoms with Crippen LogP contribution in [0, 0.1) is 0 Å². The molecular weight excluding hydrogens is 725 g/mol. The van der Waals surface area contributed by atoms with E-state index in [4.69, 9.17) is 4.42 Å². The summed E-state index contributed by atoms with van der Waals surface area (Å²) in [7, 11) is 0. The highest BCUT2D eigenvalue weighted by Gasteiger charge is 2.18. The number of nitrogens with zero attached hydrogens (tertiary/aromatic N) is 2. The summed E-state index contributed by atoms with van der Waals surface area (Å²) in [5, 5.41) is 7.37. The summed E-state index contributed by atoms with van der Waals surface area (Å²) in [6.07, 6.45) is 0. The fourth-order valence-electron chi connectivity index (χ4n) is 8.88. The number of aromatic nitrogens is 1. The zero-order valence-corrected chi connectivity index (χ0v) is 32.2. The predicted octanol–water partition coefficient (Wildman–Crippen LogP) is 15.9. The van der Waals surface area contributed by atoms with Crippen molar-refractivity contribution in [1.29, 1.82) is 0 Å². The Bertz CT molecular complexity index is 3450. The maximum atomic E-state index is 6.49. The molecule has 9 aromatic carbocycles. The molecule has 3 heterocycles. The molecule has 0 unspecified atom stereocenters. The number of furan rings is 1. The van der Waals surface area contributed by atoms with Crippen LogP contribution in [0.1, 0.15) is 0 Å². The second-order valence-corrected chi connectivity index (χ2v) is 16.0. The van der Waals surface area contributed by atoms with E-state index in [1.807, 2.05) is 17.4 Å². The summed E-state index contributed by atoms with van der Waals surface area (Å²) in [5.74, 6) is 0. The van der Waals surface area contributed by atoms with Crippen LogP contribution in [0.2, 0.25) is 0 Å². The number of benzene rings is 9. The van der Waals surface area contributed by atoms with E-state index in [1.165, 1.54) is 42.0 Å². The Morgan fingerprint density at radius 1 is 0.379 bits per heavy atom. The van der Waals surface area contributed by atoms with Gasteiger partial charge in [0, 0.05) is 70.0 Å². The van der Waals surface area contributed by atoms with Crippen LogP contribution in [0.4, 0.5) is 17.1 Å². The Balaban J connectivity index is 0.959. The standard InChI is InChI=1S/C54H34N2OS/c1-2-11-36(12-3-1)42-16-10-17-47-48-33-37(23-32-51(48)57-54(42)47)35-21-24-38(25-22-35)55(41-30-31-46-45-15-6-9-20-52(45)58-53(46)34-41)39-26-28-40(29-27-39)56-49-18-7-4-13-43(49)44-14-5-8-19-50(44)56/h1-34H.